The first-order valence-corrected chi connectivity index (χ1v) is 10.4. The van der Waals surface area contributed by atoms with E-state index in [0.717, 1.165) is 0 Å². The Bertz CT molecular complexity index is 570. The zero-order valence-corrected chi connectivity index (χ0v) is 16.4. The number of Topliss-reactive ketones (excluding diaryl/α,β-unsaturated/α-hetero) is 1. The summed E-state index contributed by atoms with van der Waals surface area (Å²) in [5.41, 5.74) is 15.2. The molecule has 0 saturated carbocycles. The fraction of sp³-hybridized carbons (Fsp3) is 0.800. The normalized spacial score (nSPS) is 19.5. The molecule has 0 aliphatic rings. The second kappa shape index (κ2) is 10.1. The van der Waals surface area contributed by atoms with E-state index in [1.54, 1.807) is 6.92 Å². The number of nitrogens with one attached hydrogen (secondary N) is 1. The molecular formula is C15H31N4O6P. The van der Waals surface area contributed by atoms with Crippen molar-refractivity contribution in [1.82, 2.24) is 5.32 Å². The van der Waals surface area contributed by atoms with Gasteiger partial charge in [0.15, 0.2) is 11.3 Å². The molecule has 26 heavy (non-hydrogen) atoms. The van der Waals surface area contributed by atoms with Crippen LogP contribution in [0.25, 0.3) is 0 Å². The molecule has 0 bridgehead atoms. The minimum Gasteiger partial charge on any atom is -0.480 e. The number of aliphatic carboxylic acids is 1. The number of carboxylic acid groups (broad SMARTS) is 1. The first-order valence-electron chi connectivity index (χ1n) is 8.53. The van der Waals surface area contributed by atoms with E-state index in [9.17, 15) is 28.9 Å². The average Bonchev–Trinajstić information content (AvgIpc) is 2.53. The maximum atomic E-state index is 12.6. The summed E-state index contributed by atoms with van der Waals surface area (Å²) >= 11 is 0. The molecule has 5 atom stereocenters. The molecule has 0 aliphatic carbocycles. The summed E-state index contributed by atoms with van der Waals surface area (Å²) in [4.78, 5) is 46.3. The minimum atomic E-state index is -4.02. The van der Waals surface area contributed by atoms with Gasteiger partial charge in [-0.2, -0.15) is 0 Å². The standard InChI is InChI=1S/C15H31N4O6P/c1-4-6-10(17)12(20)15(18,7-5-2)14(23)19-11(13(21)22)8-26(24,25)9(3)16/h9-11H,4-8,16-18H2,1-3H3,(H,19,23)(H,21,22)(H,24,25)/t9?,10-,11?,15+/m0/s1. The number of ketones is 1. The Morgan fingerprint density at radius 3 is 2.12 bits per heavy atom. The molecule has 0 fully saturated rings. The molecule has 3 unspecified atom stereocenters. The van der Waals surface area contributed by atoms with Gasteiger partial charge in [0, 0.05) is 0 Å². The second-order valence-corrected chi connectivity index (χ2v) is 9.21. The molecular weight excluding hydrogens is 363 g/mol. The molecule has 0 aromatic rings. The van der Waals surface area contributed by atoms with E-state index in [-0.39, 0.29) is 6.42 Å². The second-order valence-electron chi connectivity index (χ2n) is 6.52. The third-order valence-corrected chi connectivity index (χ3v) is 6.27. The molecule has 0 heterocycles. The molecule has 0 aliphatic heterocycles. The number of carbonyl (C=O) groups is 3. The fourth-order valence-corrected chi connectivity index (χ4v) is 3.52. The molecule has 0 aromatic carbocycles. The van der Waals surface area contributed by atoms with Gasteiger partial charge in [0.25, 0.3) is 0 Å². The minimum absolute atomic E-state index is 0.0362. The van der Waals surface area contributed by atoms with Gasteiger partial charge in [-0.15, -0.1) is 0 Å². The predicted molar refractivity (Wildman–Crippen MR) is 97.6 cm³/mol. The number of hydrogen-bond acceptors (Lipinski definition) is 7. The van der Waals surface area contributed by atoms with Crippen LogP contribution in [0, 0.1) is 0 Å². The summed E-state index contributed by atoms with van der Waals surface area (Å²) in [5.74, 6) is -4.42. The van der Waals surface area contributed by atoms with Crippen molar-refractivity contribution in [2.45, 2.75) is 69.9 Å². The van der Waals surface area contributed by atoms with Crippen molar-refractivity contribution >= 4 is 25.0 Å². The van der Waals surface area contributed by atoms with Crippen LogP contribution in [0.2, 0.25) is 0 Å². The Labute approximate surface area is 153 Å². The highest BCUT2D eigenvalue weighted by atomic mass is 31.2. The van der Waals surface area contributed by atoms with Crippen molar-refractivity contribution in [3.63, 3.8) is 0 Å². The van der Waals surface area contributed by atoms with Crippen molar-refractivity contribution < 1.29 is 28.9 Å². The summed E-state index contributed by atoms with van der Waals surface area (Å²) in [6.45, 7) is 4.79. The molecule has 9 N–H and O–H groups in total. The van der Waals surface area contributed by atoms with Crippen LogP contribution in [0.1, 0.15) is 46.5 Å². The summed E-state index contributed by atoms with van der Waals surface area (Å²) in [6, 6.07) is -2.67. The van der Waals surface area contributed by atoms with E-state index < -0.39 is 54.6 Å². The Morgan fingerprint density at radius 1 is 1.19 bits per heavy atom. The number of amides is 1. The Balaban J connectivity index is 5.54. The van der Waals surface area contributed by atoms with Crippen LogP contribution < -0.4 is 22.5 Å². The lowest BCUT2D eigenvalue weighted by molar-refractivity contribution is -0.144. The lowest BCUT2D eigenvalue weighted by Crippen LogP contribution is -2.65. The summed E-state index contributed by atoms with van der Waals surface area (Å²) < 4.78 is 12.0. The van der Waals surface area contributed by atoms with Crippen LogP contribution >= 0.6 is 7.37 Å². The zero-order chi connectivity index (χ0) is 20.7. The van der Waals surface area contributed by atoms with Crippen LogP contribution in [-0.2, 0) is 18.9 Å². The van der Waals surface area contributed by atoms with E-state index >= 15 is 0 Å². The SMILES string of the molecule is CCC[C@H](N)C(=O)[C@](N)(CCC)C(=O)NC(CP(=O)(O)C(C)N)C(=O)O. The largest absolute Gasteiger partial charge is 0.480 e. The van der Waals surface area contributed by atoms with Gasteiger partial charge in [-0.05, 0) is 19.8 Å². The molecule has 0 rings (SSSR count). The van der Waals surface area contributed by atoms with Crippen LogP contribution in [0.5, 0.6) is 0 Å². The van der Waals surface area contributed by atoms with Crippen molar-refractivity contribution in [1.29, 1.82) is 0 Å². The third kappa shape index (κ3) is 6.44. The van der Waals surface area contributed by atoms with Gasteiger partial charge in [0.1, 0.15) is 6.04 Å². The maximum Gasteiger partial charge on any atom is 0.326 e. The molecule has 0 radical (unpaired) electrons. The van der Waals surface area contributed by atoms with Crippen molar-refractivity contribution in [2.75, 3.05) is 6.16 Å². The smallest absolute Gasteiger partial charge is 0.326 e. The van der Waals surface area contributed by atoms with Gasteiger partial charge in [-0.25, -0.2) is 4.79 Å². The Morgan fingerprint density at radius 2 is 1.73 bits per heavy atom. The quantitative estimate of drug-likeness (QED) is 0.183. The van der Waals surface area contributed by atoms with Gasteiger partial charge < -0.3 is 32.5 Å². The summed E-state index contributed by atoms with van der Waals surface area (Å²) in [6.07, 6.45) is 0.503. The first-order chi connectivity index (χ1) is 11.8. The van der Waals surface area contributed by atoms with Crippen molar-refractivity contribution in [2.24, 2.45) is 17.2 Å². The molecule has 152 valence electrons. The van der Waals surface area contributed by atoms with E-state index in [4.69, 9.17) is 17.2 Å². The molecule has 0 aromatic heterocycles. The van der Waals surface area contributed by atoms with E-state index in [2.05, 4.69) is 5.32 Å². The topological polar surface area (TPSA) is 199 Å². The van der Waals surface area contributed by atoms with Gasteiger partial charge in [0.05, 0.1) is 18.0 Å². The number of carboxylic acids is 1. The maximum absolute atomic E-state index is 12.6. The Kier molecular flexibility index (Phi) is 9.61. The fourth-order valence-electron chi connectivity index (χ4n) is 2.42. The zero-order valence-electron chi connectivity index (χ0n) is 15.5. The number of hydrogen-bond donors (Lipinski definition) is 6. The molecule has 1 amide bonds. The van der Waals surface area contributed by atoms with Crippen LogP contribution in [0.4, 0.5) is 0 Å². The highest BCUT2D eigenvalue weighted by Crippen LogP contribution is 2.44. The van der Waals surface area contributed by atoms with Crippen LogP contribution in [0.15, 0.2) is 0 Å². The number of nitrogens with two attached hydrogens (primary N) is 3. The molecule has 10 nitrogen and oxygen atoms in total. The predicted octanol–water partition coefficient (Wildman–Crippen LogP) is -0.675. The molecule has 0 spiro atoms. The monoisotopic (exact) mass is 394 g/mol. The Hall–Kier alpha value is -1.32. The number of carbonyl (C=O) groups excluding carboxylic acids is 2. The molecule has 11 heteroatoms. The highest BCUT2D eigenvalue weighted by Gasteiger charge is 2.45. The van der Waals surface area contributed by atoms with E-state index in [1.165, 1.54) is 6.92 Å². The van der Waals surface area contributed by atoms with E-state index in [1.807, 2.05) is 6.92 Å². The number of rotatable bonds is 12. The lowest BCUT2D eigenvalue weighted by atomic mass is 9.84. The first kappa shape index (κ1) is 24.7. The average molecular weight is 394 g/mol. The van der Waals surface area contributed by atoms with Crippen molar-refractivity contribution in [3.8, 4) is 0 Å². The van der Waals surface area contributed by atoms with Gasteiger partial charge >= 0.3 is 5.97 Å². The van der Waals surface area contributed by atoms with Gasteiger partial charge in [-0.3, -0.25) is 14.2 Å². The van der Waals surface area contributed by atoms with Gasteiger partial charge in [-0.1, -0.05) is 26.7 Å². The lowest BCUT2D eigenvalue weighted by Gasteiger charge is -2.31. The van der Waals surface area contributed by atoms with Crippen LogP contribution in [-0.4, -0.2) is 57.2 Å². The summed E-state index contributed by atoms with van der Waals surface area (Å²) in [7, 11) is -4.02. The molecule has 0 saturated heterocycles. The van der Waals surface area contributed by atoms with Crippen molar-refractivity contribution in [3.05, 3.63) is 0 Å². The summed E-state index contributed by atoms with van der Waals surface area (Å²) in [5, 5.41) is 11.4. The van der Waals surface area contributed by atoms with E-state index in [0.29, 0.717) is 19.3 Å². The highest BCUT2D eigenvalue weighted by molar-refractivity contribution is 7.58. The van der Waals surface area contributed by atoms with Crippen LogP contribution in [0.3, 0.4) is 0 Å². The third-order valence-electron chi connectivity index (χ3n) is 4.11. The van der Waals surface area contributed by atoms with Gasteiger partial charge in [0.2, 0.25) is 13.3 Å².